The van der Waals surface area contributed by atoms with Crippen LogP contribution in [0.1, 0.15) is 70.7 Å². The van der Waals surface area contributed by atoms with Gasteiger partial charge in [0, 0.05) is 24.3 Å². The number of ether oxygens (including phenoxy) is 3. The number of benzene rings is 2. The van der Waals surface area contributed by atoms with Gasteiger partial charge in [0.25, 0.3) is 5.88 Å². The number of imide groups is 1. The number of carbonyl (C=O) groups excluding carboxylic acids is 2. The van der Waals surface area contributed by atoms with Gasteiger partial charge in [0.15, 0.2) is 20.0 Å². The third kappa shape index (κ3) is 6.47. The van der Waals surface area contributed by atoms with Gasteiger partial charge in [-0.25, -0.2) is 24.5 Å². The molecule has 3 heterocycles. The van der Waals surface area contributed by atoms with Gasteiger partial charge in [-0.2, -0.15) is 4.68 Å². The molecule has 2 atom stereocenters. The Labute approximate surface area is 303 Å². The molecule has 2 aromatic heterocycles. The van der Waals surface area contributed by atoms with E-state index >= 15 is 0 Å². The van der Waals surface area contributed by atoms with Crippen molar-refractivity contribution in [3.63, 3.8) is 0 Å². The minimum atomic E-state index is -1.93. The summed E-state index contributed by atoms with van der Waals surface area (Å²) in [4.78, 5) is 49.6. The van der Waals surface area contributed by atoms with Gasteiger partial charge < -0.3 is 29.1 Å². The first kappa shape index (κ1) is 36.8. The number of carboxylic acid groups (broad SMARTS) is 1. The number of aromatic nitrogens is 4. The molecule has 2 aliphatic rings. The van der Waals surface area contributed by atoms with Crippen molar-refractivity contribution < 1.29 is 38.1 Å². The molecule has 0 radical (unpaired) electrons. The molecule has 52 heavy (non-hydrogen) atoms. The van der Waals surface area contributed by atoms with Crippen LogP contribution in [0.5, 0.6) is 11.6 Å². The molecular formula is C37H46N6O8Si. The van der Waals surface area contributed by atoms with E-state index in [9.17, 15) is 19.5 Å². The van der Waals surface area contributed by atoms with Crippen LogP contribution in [-0.4, -0.2) is 77.7 Å². The highest BCUT2D eigenvalue weighted by atomic mass is 28.4. The zero-order valence-corrected chi connectivity index (χ0v) is 32.3. The molecule has 2 N–H and O–H groups in total. The van der Waals surface area contributed by atoms with E-state index in [2.05, 4.69) is 54.2 Å². The van der Waals surface area contributed by atoms with Crippen LogP contribution in [0.3, 0.4) is 0 Å². The first-order chi connectivity index (χ1) is 24.3. The van der Waals surface area contributed by atoms with E-state index in [4.69, 9.17) is 18.6 Å². The summed E-state index contributed by atoms with van der Waals surface area (Å²) in [6, 6.07) is 10.4. The highest BCUT2D eigenvalue weighted by Gasteiger charge is 2.68. The maximum Gasteiger partial charge on any atom is 0.435 e. The zero-order chi connectivity index (χ0) is 38.0. The van der Waals surface area contributed by atoms with Crippen LogP contribution < -0.4 is 19.7 Å². The molecule has 2 aromatic carbocycles. The minimum absolute atomic E-state index is 0.0888. The van der Waals surface area contributed by atoms with Crippen molar-refractivity contribution in [3.05, 3.63) is 59.4 Å². The van der Waals surface area contributed by atoms with E-state index < -0.39 is 37.4 Å². The summed E-state index contributed by atoms with van der Waals surface area (Å²) < 4.78 is 24.2. The zero-order valence-electron chi connectivity index (χ0n) is 31.3. The standard InChI is InChI=1S/C37H46N6O8Si/c1-35(2,3)51-34(47)43-28-17-21(26-19-37(26)25-18-23(48-7)12-14-27(25)42(32(37)44)33(45)46)11-13-24(28)29(41-43)40-30-31(49-8)39-22(20-38-30)15-16-50-52(9,10)36(4,5)6/h11-14,17-18,20,26H,15-16,19H2,1-10H3,(H,45,46)(H,38,40,41)/t26-,37-/m0/s1. The first-order valence-corrected chi connectivity index (χ1v) is 20.0. The lowest BCUT2D eigenvalue weighted by Gasteiger charge is -2.36. The summed E-state index contributed by atoms with van der Waals surface area (Å²) in [5.41, 5.74) is 0.876. The molecule has 4 aromatic rings. The third-order valence-electron chi connectivity index (χ3n) is 10.2. The summed E-state index contributed by atoms with van der Waals surface area (Å²) in [6.45, 7) is 16.8. The summed E-state index contributed by atoms with van der Waals surface area (Å²) >= 11 is 0. The lowest BCUT2D eigenvalue weighted by atomic mass is 9.91. The molecule has 276 valence electrons. The SMILES string of the molecule is COc1ccc2c(c1)[C@]1(C[C@H]1c1ccc3c(Nc4ncc(CCO[Si](C)(C)C(C)(C)C)nc4OC)nn(C(=O)OC(C)(C)C)c3c1)C(=O)N2C(=O)O. The number of amides is 2. The number of nitrogens with zero attached hydrogens (tertiary/aromatic N) is 5. The van der Waals surface area contributed by atoms with Crippen molar-refractivity contribution in [1.82, 2.24) is 19.7 Å². The average molecular weight is 731 g/mol. The van der Waals surface area contributed by atoms with E-state index in [1.165, 1.54) is 18.9 Å². The Bertz CT molecular complexity index is 2080. The summed E-state index contributed by atoms with van der Waals surface area (Å²) in [7, 11) is 1.10. The number of fused-ring (bicyclic) bond motifs is 3. The van der Waals surface area contributed by atoms with E-state index in [-0.39, 0.29) is 16.8 Å². The Morgan fingerprint density at radius 1 is 1.04 bits per heavy atom. The van der Waals surface area contributed by atoms with Crippen molar-refractivity contribution in [1.29, 1.82) is 0 Å². The molecule has 0 unspecified atom stereocenters. The van der Waals surface area contributed by atoms with Crippen LogP contribution >= 0.6 is 0 Å². The van der Waals surface area contributed by atoms with Gasteiger partial charge in [0.2, 0.25) is 5.91 Å². The predicted octanol–water partition coefficient (Wildman–Crippen LogP) is 7.38. The van der Waals surface area contributed by atoms with Crippen LogP contribution in [0, 0.1) is 0 Å². The Kier molecular flexibility index (Phi) is 9.10. The molecule has 1 aliphatic heterocycles. The lowest BCUT2D eigenvalue weighted by Crippen LogP contribution is -2.41. The molecule has 14 nitrogen and oxygen atoms in total. The fraction of sp³-hybridized carbons (Fsp3) is 0.459. The number of hydrogen-bond donors (Lipinski definition) is 2. The second-order valence-electron chi connectivity index (χ2n) is 15.8. The van der Waals surface area contributed by atoms with Crippen LogP contribution in [0.25, 0.3) is 10.9 Å². The van der Waals surface area contributed by atoms with Gasteiger partial charge >= 0.3 is 12.2 Å². The van der Waals surface area contributed by atoms with Crippen molar-refractivity contribution in [2.24, 2.45) is 0 Å². The second kappa shape index (κ2) is 12.9. The maximum absolute atomic E-state index is 13.8. The Morgan fingerprint density at radius 2 is 1.77 bits per heavy atom. The highest BCUT2D eigenvalue weighted by Crippen LogP contribution is 2.67. The number of anilines is 3. The molecule has 2 amide bonds. The van der Waals surface area contributed by atoms with E-state index in [1.54, 1.807) is 57.3 Å². The second-order valence-corrected chi connectivity index (χ2v) is 20.6. The Hall–Kier alpha value is -5.02. The van der Waals surface area contributed by atoms with E-state index in [0.29, 0.717) is 64.7 Å². The fourth-order valence-corrected chi connectivity index (χ4v) is 7.43. The van der Waals surface area contributed by atoms with Crippen LogP contribution in [0.15, 0.2) is 42.6 Å². The summed E-state index contributed by atoms with van der Waals surface area (Å²) in [6.07, 6.45) is 0.546. The molecule has 1 spiro atoms. The monoisotopic (exact) mass is 730 g/mol. The Morgan fingerprint density at radius 3 is 2.40 bits per heavy atom. The van der Waals surface area contributed by atoms with Crippen molar-refractivity contribution >= 4 is 54.6 Å². The first-order valence-electron chi connectivity index (χ1n) is 17.1. The van der Waals surface area contributed by atoms with Gasteiger partial charge in [-0.15, -0.1) is 5.10 Å². The molecule has 1 fully saturated rings. The number of hydrogen-bond acceptors (Lipinski definition) is 11. The largest absolute Gasteiger partial charge is 0.497 e. The maximum atomic E-state index is 13.8. The van der Waals surface area contributed by atoms with Crippen LogP contribution in [0.4, 0.5) is 26.9 Å². The van der Waals surface area contributed by atoms with Crippen molar-refractivity contribution in [2.45, 2.75) is 89.5 Å². The summed E-state index contributed by atoms with van der Waals surface area (Å²) in [5, 5.41) is 18.4. The molecule has 0 bridgehead atoms. The number of methoxy groups -OCH3 is 2. The minimum Gasteiger partial charge on any atom is -0.497 e. The van der Waals surface area contributed by atoms with Crippen molar-refractivity contribution in [2.75, 3.05) is 31.0 Å². The van der Waals surface area contributed by atoms with Gasteiger partial charge in [0.1, 0.15) is 11.4 Å². The Balaban J connectivity index is 1.34. The van der Waals surface area contributed by atoms with Gasteiger partial charge in [-0.3, -0.25) is 4.79 Å². The molecular weight excluding hydrogens is 685 g/mol. The lowest BCUT2D eigenvalue weighted by molar-refractivity contribution is -0.119. The van der Waals surface area contributed by atoms with Crippen molar-refractivity contribution in [3.8, 4) is 11.6 Å². The van der Waals surface area contributed by atoms with Gasteiger partial charge in [0.05, 0.1) is 42.7 Å². The summed E-state index contributed by atoms with van der Waals surface area (Å²) in [5.74, 6) is 0.494. The molecule has 15 heteroatoms. The van der Waals surface area contributed by atoms with Crippen LogP contribution in [-0.2, 0) is 25.8 Å². The highest BCUT2D eigenvalue weighted by molar-refractivity contribution is 6.74. The van der Waals surface area contributed by atoms with E-state index in [1.807, 2.05) is 6.07 Å². The fourth-order valence-electron chi connectivity index (χ4n) is 6.39. The molecule has 1 saturated carbocycles. The average Bonchev–Trinajstić information content (AvgIpc) is 3.65. The van der Waals surface area contributed by atoms with Gasteiger partial charge in [-0.1, -0.05) is 26.8 Å². The smallest absolute Gasteiger partial charge is 0.435 e. The predicted molar refractivity (Wildman–Crippen MR) is 198 cm³/mol. The normalized spacial score (nSPS) is 18.5. The number of nitrogens with one attached hydrogen (secondary N) is 1. The topological polar surface area (TPSA) is 167 Å². The van der Waals surface area contributed by atoms with Crippen LogP contribution in [0.2, 0.25) is 18.1 Å². The molecule has 1 aliphatic carbocycles. The third-order valence-corrected chi connectivity index (χ3v) is 14.7. The number of rotatable bonds is 9. The molecule has 6 rings (SSSR count). The van der Waals surface area contributed by atoms with Gasteiger partial charge in [-0.05, 0) is 86.8 Å². The number of carbonyl (C=O) groups is 3. The molecule has 0 saturated heterocycles. The quantitative estimate of drug-likeness (QED) is 0.164. The van der Waals surface area contributed by atoms with E-state index in [0.717, 1.165) is 10.5 Å².